The number of Topliss-reactive ketones (excluding diaryl/α,β-unsaturated/α-hetero) is 1. The van der Waals surface area contributed by atoms with E-state index in [0.29, 0.717) is 16.9 Å². The van der Waals surface area contributed by atoms with Gasteiger partial charge in [0.05, 0.1) is 18.7 Å². The molecule has 0 aliphatic carbocycles. The summed E-state index contributed by atoms with van der Waals surface area (Å²) in [6, 6.07) is 13.1. The lowest BCUT2D eigenvalue weighted by Crippen LogP contribution is -2.21. The summed E-state index contributed by atoms with van der Waals surface area (Å²) in [5.41, 5.74) is 1.21. The van der Waals surface area contributed by atoms with Crippen molar-refractivity contribution in [1.82, 2.24) is 5.32 Å². The second kappa shape index (κ2) is 6.49. The second-order valence-electron chi connectivity index (χ2n) is 5.28. The largest absolute Gasteiger partial charge is 0.507 e. The molecule has 1 amide bonds. The van der Waals surface area contributed by atoms with E-state index in [2.05, 4.69) is 21.2 Å². The summed E-state index contributed by atoms with van der Waals surface area (Å²) in [5.74, 6) is -1.03. The van der Waals surface area contributed by atoms with E-state index in [9.17, 15) is 14.7 Å². The summed E-state index contributed by atoms with van der Waals surface area (Å²) < 4.78 is 5.96. The molecule has 2 aromatic rings. The molecule has 122 valence electrons. The van der Waals surface area contributed by atoms with E-state index in [1.165, 1.54) is 0 Å². The number of rotatable bonds is 3. The molecular formula is C18H14BrNO4. The number of halogens is 1. The van der Waals surface area contributed by atoms with Gasteiger partial charge in [-0.1, -0.05) is 28.1 Å². The lowest BCUT2D eigenvalue weighted by atomic mass is 9.96. The Morgan fingerprint density at radius 1 is 1.08 bits per heavy atom. The smallest absolute Gasteiger partial charge is 0.293 e. The van der Waals surface area contributed by atoms with E-state index >= 15 is 0 Å². The molecule has 1 aliphatic heterocycles. The van der Waals surface area contributed by atoms with Gasteiger partial charge in [0.25, 0.3) is 11.7 Å². The molecule has 2 N–H and O–H groups in total. The first kappa shape index (κ1) is 16.3. The first-order valence-electron chi connectivity index (χ1n) is 7.19. The zero-order valence-corrected chi connectivity index (χ0v) is 14.3. The van der Waals surface area contributed by atoms with Crippen LogP contribution in [-0.2, 0) is 9.59 Å². The van der Waals surface area contributed by atoms with E-state index < -0.39 is 17.7 Å². The number of aliphatic hydroxyl groups excluding tert-OH is 1. The van der Waals surface area contributed by atoms with E-state index in [1.54, 1.807) is 43.5 Å². The van der Waals surface area contributed by atoms with Crippen LogP contribution in [0.4, 0.5) is 0 Å². The molecule has 0 saturated carbocycles. The first-order chi connectivity index (χ1) is 11.5. The Labute approximate surface area is 147 Å². The topological polar surface area (TPSA) is 75.6 Å². The number of hydrogen-bond donors (Lipinski definition) is 2. The van der Waals surface area contributed by atoms with Crippen LogP contribution >= 0.6 is 15.9 Å². The van der Waals surface area contributed by atoms with Gasteiger partial charge in [0, 0.05) is 10.0 Å². The van der Waals surface area contributed by atoms with Gasteiger partial charge in [-0.15, -0.1) is 0 Å². The third kappa shape index (κ3) is 2.92. The molecule has 1 fully saturated rings. The molecule has 3 rings (SSSR count). The fourth-order valence-corrected chi connectivity index (χ4v) is 2.84. The minimum Gasteiger partial charge on any atom is -0.507 e. The van der Waals surface area contributed by atoms with Crippen LogP contribution in [0.3, 0.4) is 0 Å². The van der Waals surface area contributed by atoms with Gasteiger partial charge in [0.2, 0.25) is 0 Å². The molecule has 1 unspecified atom stereocenters. The van der Waals surface area contributed by atoms with Crippen molar-refractivity contribution < 1.29 is 19.4 Å². The van der Waals surface area contributed by atoms with E-state index in [1.807, 2.05) is 12.1 Å². The van der Waals surface area contributed by atoms with Gasteiger partial charge < -0.3 is 15.2 Å². The minimum atomic E-state index is -0.726. The number of amides is 1. The Hall–Kier alpha value is -2.60. The van der Waals surface area contributed by atoms with Gasteiger partial charge in [-0.2, -0.15) is 0 Å². The minimum absolute atomic E-state index is 0.0486. The summed E-state index contributed by atoms with van der Waals surface area (Å²) in [5, 5.41) is 13.2. The zero-order valence-electron chi connectivity index (χ0n) is 12.7. The SMILES string of the molecule is COc1ccc(/C(O)=C2/C(=O)C(=O)NC2c2ccc(Br)cc2)cc1. The van der Waals surface area contributed by atoms with Crippen LogP contribution in [0.5, 0.6) is 5.75 Å². The highest BCUT2D eigenvalue weighted by Gasteiger charge is 2.39. The molecule has 0 spiro atoms. The van der Waals surface area contributed by atoms with Gasteiger partial charge in [-0.05, 0) is 42.0 Å². The Bertz CT molecular complexity index is 825. The number of nitrogens with one attached hydrogen (secondary N) is 1. The van der Waals surface area contributed by atoms with Crippen molar-refractivity contribution in [3.8, 4) is 5.75 Å². The highest BCUT2D eigenvalue weighted by molar-refractivity contribution is 9.10. The van der Waals surface area contributed by atoms with Crippen LogP contribution in [0.2, 0.25) is 0 Å². The average Bonchev–Trinajstić information content (AvgIpc) is 2.90. The highest BCUT2D eigenvalue weighted by Crippen LogP contribution is 2.33. The van der Waals surface area contributed by atoms with Crippen molar-refractivity contribution in [3.05, 3.63) is 69.7 Å². The van der Waals surface area contributed by atoms with E-state index in [-0.39, 0.29) is 11.3 Å². The zero-order chi connectivity index (χ0) is 17.3. The van der Waals surface area contributed by atoms with Gasteiger partial charge in [-0.25, -0.2) is 0 Å². The van der Waals surface area contributed by atoms with Crippen molar-refractivity contribution in [2.75, 3.05) is 7.11 Å². The number of carbonyl (C=O) groups is 2. The van der Waals surface area contributed by atoms with E-state index in [4.69, 9.17) is 4.74 Å². The maximum absolute atomic E-state index is 12.2. The van der Waals surface area contributed by atoms with Crippen molar-refractivity contribution in [1.29, 1.82) is 0 Å². The molecule has 24 heavy (non-hydrogen) atoms. The lowest BCUT2D eigenvalue weighted by Gasteiger charge is -2.14. The van der Waals surface area contributed by atoms with Crippen LogP contribution in [0.15, 0.2) is 58.6 Å². The van der Waals surface area contributed by atoms with Crippen LogP contribution in [0.1, 0.15) is 17.2 Å². The number of hydrogen-bond acceptors (Lipinski definition) is 4. The predicted molar refractivity (Wildman–Crippen MR) is 92.6 cm³/mol. The molecular weight excluding hydrogens is 374 g/mol. The Morgan fingerprint density at radius 2 is 1.71 bits per heavy atom. The molecule has 0 aromatic heterocycles. The summed E-state index contributed by atoms with van der Waals surface area (Å²) in [7, 11) is 1.54. The van der Waals surface area contributed by atoms with Gasteiger partial charge in [-0.3, -0.25) is 9.59 Å². The van der Waals surface area contributed by atoms with Crippen LogP contribution in [-0.4, -0.2) is 23.9 Å². The number of carbonyl (C=O) groups excluding carboxylic acids is 2. The van der Waals surface area contributed by atoms with Crippen molar-refractivity contribution in [2.24, 2.45) is 0 Å². The molecule has 1 aliphatic rings. The van der Waals surface area contributed by atoms with Gasteiger partial charge in [0.15, 0.2) is 0 Å². The lowest BCUT2D eigenvalue weighted by molar-refractivity contribution is -0.133. The van der Waals surface area contributed by atoms with Crippen LogP contribution in [0.25, 0.3) is 5.76 Å². The number of benzene rings is 2. The monoisotopic (exact) mass is 387 g/mol. The number of ether oxygens (including phenoxy) is 1. The van der Waals surface area contributed by atoms with E-state index in [0.717, 1.165) is 4.47 Å². The molecule has 6 heteroatoms. The summed E-state index contributed by atoms with van der Waals surface area (Å²) in [6.45, 7) is 0. The molecule has 1 heterocycles. The fraction of sp³-hybridized carbons (Fsp3) is 0.111. The van der Waals surface area contributed by atoms with Crippen LogP contribution < -0.4 is 10.1 Å². The standard InChI is InChI=1S/C18H14BrNO4/c1-24-13-8-4-11(5-9-13)16(21)14-15(20-18(23)17(14)22)10-2-6-12(19)7-3-10/h2-9,15,21H,1H3,(H,20,23)/b16-14-. The normalized spacial score (nSPS) is 19.2. The Morgan fingerprint density at radius 3 is 2.29 bits per heavy atom. The highest BCUT2D eigenvalue weighted by atomic mass is 79.9. The average molecular weight is 388 g/mol. The first-order valence-corrected chi connectivity index (χ1v) is 7.98. The summed E-state index contributed by atoms with van der Waals surface area (Å²) in [6.07, 6.45) is 0. The van der Waals surface area contributed by atoms with Crippen molar-refractivity contribution in [3.63, 3.8) is 0 Å². The third-order valence-corrected chi connectivity index (χ3v) is 4.37. The summed E-state index contributed by atoms with van der Waals surface area (Å²) in [4.78, 5) is 24.1. The molecule has 1 atom stereocenters. The van der Waals surface area contributed by atoms with Crippen LogP contribution in [0, 0.1) is 0 Å². The predicted octanol–water partition coefficient (Wildman–Crippen LogP) is 3.17. The Kier molecular flexibility index (Phi) is 4.40. The maximum atomic E-state index is 12.2. The van der Waals surface area contributed by atoms with Crippen molar-refractivity contribution in [2.45, 2.75) is 6.04 Å². The number of aliphatic hydroxyl groups is 1. The van der Waals surface area contributed by atoms with Gasteiger partial charge >= 0.3 is 0 Å². The number of methoxy groups -OCH3 is 1. The maximum Gasteiger partial charge on any atom is 0.293 e. The van der Waals surface area contributed by atoms with Gasteiger partial charge in [0.1, 0.15) is 11.5 Å². The molecule has 0 bridgehead atoms. The number of ketones is 1. The summed E-state index contributed by atoms with van der Waals surface area (Å²) >= 11 is 3.34. The Balaban J connectivity index is 2.07. The quantitative estimate of drug-likeness (QED) is 0.481. The molecule has 5 nitrogen and oxygen atoms in total. The molecule has 2 aromatic carbocycles. The third-order valence-electron chi connectivity index (χ3n) is 3.84. The second-order valence-corrected chi connectivity index (χ2v) is 6.19. The fourth-order valence-electron chi connectivity index (χ4n) is 2.58. The van der Waals surface area contributed by atoms with Crippen molar-refractivity contribution >= 4 is 33.4 Å². The molecule has 1 saturated heterocycles. The molecule has 0 radical (unpaired) electrons.